The van der Waals surface area contributed by atoms with Gasteiger partial charge in [-0.2, -0.15) is 0 Å². The first-order chi connectivity index (χ1) is 7.70. The molecule has 0 bridgehead atoms. The highest BCUT2D eigenvalue weighted by Crippen LogP contribution is 2.22. The number of aromatic nitrogens is 2. The van der Waals surface area contributed by atoms with Crippen LogP contribution < -0.4 is 5.73 Å². The van der Waals surface area contributed by atoms with Crippen molar-refractivity contribution >= 4 is 0 Å². The van der Waals surface area contributed by atoms with Crippen molar-refractivity contribution in [2.45, 2.75) is 6.42 Å². The number of rotatable bonds is 3. The van der Waals surface area contributed by atoms with Gasteiger partial charge in [-0.25, -0.2) is 4.98 Å². The maximum absolute atomic E-state index is 9.40. The highest BCUT2D eigenvalue weighted by Gasteiger charge is 2.06. The summed E-state index contributed by atoms with van der Waals surface area (Å²) in [6, 6.07) is 7.08. The van der Waals surface area contributed by atoms with Gasteiger partial charge < -0.3 is 15.4 Å². The van der Waals surface area contributed by atoms with Crippen LogP contribution in [0.5, 0.6) is 5.75 Å². The number of phenols is 1. The Morgan fingerprint density at radius 1 is 1.44 bits per heavy atom. The van der Waals surface area contributed by atoms with Gasteiger partial charge in [0.2, 0.25) is 0 Å². The largest absolute Gasteiger partial charge is 0.508 e. The van der Waals surface area contributed by atoms with Gasteiger partial charge in [-0.1, -0.05) is 12.1 Å². The Labute approximate surface area is 94.4 Å². The molecule has 84 valence electrons. The Bertz CT molecular complexity index is 491. The van der Waals surface area contributed by atoms with Crippen LogP contribution >= 0.6 is 0 Å². The van der Waals surface area contributed by atoms with Crippen molar-refractivity contribution in [3.05, 3.63) is 36.3 Å². The minimum Gasteiger partial charge on any atom is -0.508 e. The fourth-order valence-corrected chi connectivity index (χ4v) is 1.67. The highest BCUT2D eigenvalue weighted by atomic mass is 16.3. The van der Waals surface area contributed by atoms with E-state index >= 15 is 0 Å². The van der Waals surface area contributed by atoms with Crippen LogP contribution in [-0.2, 0) is 13.5 Å². The molecule has 1 heterocycles. The van der Waals surface area contributed by atoms with Crippen molar-refractivity contribution in [3.8, 4) is 17.0 Å². The first-order valence-corrected chi connectivity index (χ1v) is 5.22. The monoisotopic (exact) mass is 217 g/mol. The maximum Gasteiger partial charge on any atom is 0.116 e. The molecule has 0 saturated heterocycles. The molecule has 4 heteroatoms. The molecule has 0 unspecified atom stereocenters. The van der Waals surface area contributed by atoms with Crippen molar-refractivity contribution in [2.24, 2.45) is 12.8 Å². The van der Waals surface area contributed by atoms with Crippen LogP contribution in [0.3, 0.4) is 0 Å². The molecule has 3 N–H and O–H groups in total. The number of hydrogen-bond donors (Lipinski definition) is 2. The zero-order chi connectivity index (χ0) is 11.5. The van der Waals surface area contributed by atoms with Gasteiger partial charge in [-0.05, 0) is 18.7 Å². The van der Waals surface area contributed by atoms with Crippen LogP contribution in [-0.4, -0.2) is 21.2 Å². The van der Waals surface area contributed by atoms with Crippen molar-refractivity contribution in [1.82, 2.24) is 9.55 Å². The van der Waals surface area contributed by atoms with Gasteiger partial charge in [0.05, 0.1) is 5.69 Å². The topological polar surface area (TPSA) is 64.1 Å². The summed E-state index contributed by atoms with van der Waals surface area (Å²) in [5, 5.41) is 9.40. The molecule has 0 atom stereocenters. The molecule has 0 aliphatic carbocycles. The lowest BCUT2D eigenvalue weighted by atomic mass is 10.1. The summed E-state index contributed by atoms with van der Waals surface area (Å²) >= 11 is 0. The average Bonchev–Trinajstić information content (AvgIpc) is 2.61. The zero-order valence-corrected chi connectivity index (χ0v) is 9.22. The summed E-state index contributed by atoms with van der Waals surface area (Å²) in [6.07, 6.45) is 2.70. The number of hydrogen-bond acceptors (Lipinski definition) is 3. The second kappa shape index (κ2) is 4.37. The molecule has 0 saturated carbocycles. The fraction of sp³-hybridized carbons (Fsp3) is 0.250. The number of aromatic hydroxyl groups is 1. The van der Waals surface area contributed by atoms with Crippen molar-refractivity contribution in [2.75, 3.05) is 6.54 Å². The molecule has 0 amide bonds. The summed E-state index contributed by atoms with van der Waals surface area (Å²) in [5.74, 6) is 1.21. The van der Waals surface area contributed by atoms with Crippen molar-refractivity contribution in [1.29, 1.82) is 0 Å². The van der Waals surface area contributed by atoms with Crippen molar-refractivity contribution < 1.29 is 5.11 Å². The van der Waals surface area contributed by atoms with E-state index in [4.69, 9.17) is 5.73 Å². The standard InChI is InChI=1S/C12H15N3O/c1-15-8-11(14-12(15)5-6-13)9-3-2-4-10(16)7-9/h2-4,7-8,16H,5-6,13H2,1H3. The number of phenolic OH excluding ortho intramolecular Hbond substituents is 1. The first kappa shape index (κ1) is 10.7. The van der Waals surface area contributed by atoms with Gasteiger partial charge in [0.25, 0.3) is 0 Å². The molecule has 0 radical (unpaired) electrons. The lowest BCUT2D eigenvalue weighted by Gasteiger charge is -1.96. The van der Waals surface area contributed by atoms with Gasteiger partial charge in [0.15, 0.2) is 0 Å². The number of benzene rings is 1. The Morgan fingerprint density at radius 2 is 2.25 bits per heavy atom. The molecule has 1 aromatic heterocycles. The van der Waals surface area contributed by atoms with Gasteiger partial charge in [0, 0.05) is 25.2 Å². The minimum atomic E-state index is 0.253. The highest BCUT2D eigenvalue weighted by molar-refractivity contribution is 5.60. The Morgan fingerprint density at radius 3 is 2.94 bits per heavy atom. The van der Waals surface area contributed by atoms with E-state index in [0.29, 0.717) is 6.54 Å². The number of nitrogens with zero attached hydrogens (tertiary/aromatic N) is 2. The zero-order valence-electron chi connectivity index (χ0n) is 9.22. The van der Waals surface area contributed by atoms with E-state index in [1.54, 1.807) is 12.1 Å². The van der Waals surface area contributed by atoms with E-state index in [1.165, 1.54) is 0 Å². The molecule has 0 spiro atoms. The quantitative estimate of drug-likeness (QED) is 0.814. The Kier molecular flexibility index (Phi) is 2.92. The summed E-state index contributed by atoms with van der Waals surface area (Å²) in [5.41, 5.74) is 7.29. The second-order valence-corrected chi connectivity index (χ2v) is 3.74. The third-order valence-corrected chi connectivity index (χ3v) is 2.48. The lowest BCUT2D eigenvalue weighted by Crippen LogP contribution is -2.07. The van der Waals surface area contributed by atoms with Gasteiger partial charge >= 0.3 is 0 Å². The van der Waals surface area contributed by atoms with E-state index in [1.807, 2.05) is 29.9 Å². The number of imidazole rings is 1. The van der Waals surface area contributed by atoms with Crippen LogP contribution in [0.25, 0.3) is 11.3 Å². The van der Waals surface area contributed by atoms with Gasteiger partial charge in [-0.15, -0.1) is 0 Å². The molecule has 0 aliphatic rings. The maximum atomic E-state index is 9.40. The number of nitrogens with two attached hydrogens (primary N) is 1. The molecule has 2 rings (SSSR count). The predicted molar refractivity (Wildman–Crippen MR) is 63.1 cm³/mol. The van der Waals surface area contributed by atoms with Crippen LogP contribution in [0, 0.1) is 0 Å². The van der Waals surface area contributed by atoms with E-state index in [0.717, 1.165) is 23.5 Å². The van der Waals surface area contributed by atoms with Gasteiger partial charge in [0.1, 0.15) is 11.6 Å². The lowest BCUT2D eigenvalue weighted by molar-refractivity contribution is 0.475. The van der Waals surface area contributed by atoms with Crippen LogP contribution in [0.2, 0.25) is 0 Å². The molecule has 0 fully saturated rings. The second-order valence-electron chi connectivity index (χ2n) is 3.74. The van der Waals surface area contributed by atoms with Crippen LogP contribution in [0.1, 0.15) is 5.82 Å². The molecular formula is C12H15N3O. The summed E-state index contributed by atoms with van der Waals surface area (Å²) in [7, 11) is 1.95. The molecule has 4 nitrogen and oxygen atoms in total. The predicted octanol–water partition coefficient (Wildman–Crippen LogP) is 1.29. The first-order valence-electron chi connectivity index (χ1n) is 5.22. The fourth-order valence-electron chi connectivity index (χ4n) is 1.67. The van der Waals surface area contributed by atoms with Gasteiger partial charge in [-0.3, -0.25) is 0 Å². The normalized spacial score (nSPS) is 10.6. The Hall–Kier alpha value is -1.81. The van der Waals surface area contributed by atoms with E-state index in [9.17, 15) is 5.11 Å². The number of aryl methyl sites for hydroxylation is 1. The van der Waals surface area contributed by atoms with Crippen LogP contribution in [0.15, 0.2) is 30.5 Å². The summed E-state index contributed by atoms with van der Waals surface area (Å²) in [6.45, 7) is 0.588. The minimum absolute atomic E-state index is 0.253. The molecule has 2 aromatic rings. The van der Waals surface area contributed by atoms with E-state index in [-0.39, 0.29) is 5.75 Å². The SMILES string of the molecule is Cn1cc(-c2cccc(O)c2)nc1CCN. The third-order valence-electron chi connectivity index (χ3n) is 2.48. The Balaban J connectivity index is 2.37. The third kappa shape index (κ3) is 2.06. The smallest absolute Gasteiger partial charge is 0.116 e. The molecule has 16 heavy (non-hydrogen) atoms. The molecule has 0 aliphatic heterocycles. The molecular weight excluding hydrogens is 202 g/mol. The van der Waals surface area contributed by atoms with Crippen molar-refractivity contribution in [3.63, 3.8) is 0 Å². The molecule has 1 aromatic carbocycles. The summed E-state index contributed by atoms with van der Waals surface area (Å²) < 4.78 is 1.96. The van der Waals surface area contributed by atoms with E-state index in [2.05, 4.69) is 4.98 Å². The van der Waals surface area contributed by atoms with Crippen LogP contribution in [0.4, 0.5) is 0 Å². The average molecular weight is 217 g/mol. The summed E-state index contributed by atoms with van der Waals surface area (Å²) in [4.78, 5) is 4.48. The van der Waals surface area contributed by atoms with E-state index < -0.39 is 0 Å².